The third-order valence-electron chi connectivity index (χ3n) is 4.83. The molecule has 1 aromatic carbocycles. The van der Waals surface area contributed by atoms with Crippen molar-refractivity contribution in [3.63, 3.8) is 0 Å². The second kappa shape index (κ2) is 3.59. The topological polar surface area (TPSA) is 12.0 Å². The van der Waals surface area contributed by atoms with Crippen LogP contribution in [0.15, 0.2) is 24.3 Å². The predicted octanol–water partition coefficient (Wildman–Crippen LogP) is 3.09. The molecule has 16 heavy (non-hydrogen) atoms. The van der Waals surface area contributed by atoms with E-state index in [0.717, 1.165) is 11.8 Å². The molecule has 2 aliphatic rings. The van der Waals surface area contributed by atoms with E-state index >= 15 is 0 Å². The van der Waals surface area contributed by atoms with Crippen LogP contribution in [0.2, 0.25) is 0 Å². The third-order valence-corrected chi connectivity index (χ3v) is 4.83. The number of fused-ring (bicyclic) bond motifs is 3. The lowest BCUT2D eigenvalue weighted by Crippen LogP contribution is -2.47. The lowest BCUT2D eigenvalue weighted by atomic mass is 9.69. The molecule has 1 aromatic rings. The van der Waals surface area contributed by atoms with Gasteiger partial charge in [0.2, 0.25) is 0 Å². The Morgan fingerprint density at radius 2 is 2.12 bits per heavy atom. The summed E-state index contributed by atoms with van der Waals surface area (Å²) in [6, 6.07) is 9.03. The Hall–Kier alpha value is -0.820. The summed E-state index contributed by atoms with van der Waals surface area (Å²) in [5.41, 5.74) is 3.45. The van der Waals surface area contributed by atoms with E-state index in [1.165, 1.54) is 25.7 Å². The lowest BCUT2D eigenvalue weighted by Gasteiger charge is -2.42. The van der Waals surface area contributed by atoms with Crippen LogP contribution in [0.5, 0.6) is 0 Å². The van der Waals surface area contributed by atoms with Crippen LogP contribution in [-0.4, -0.2) is 7.05 Å². The number of benzene rings is 1. The normalized spacial score (nSPS) is 36.9. The number of hydrogen-bond donors (Lipinski definition) is 1. The Labute approximate surface area is 98.3 Å². The maximum absolute atomic E-state index is 3.66. The summed E-state index contributed by atoms with van der Waals surface area (Å²) in [7, 11) is 2.14. The summed E-state index contributed by atoms with van der Waals surface area (Å²) >= 11 is 0. The van der Waals surface area contributed by atoms with Crippen molar-refractivity contribution in [1.29, 1.82) is 0 Å². The van der Waals surface area contributed by atoms with Crippen molar-refractivity contribution in [2.24, 2.45) is 11.8 Å². The molecule has 0 saturated heterocycles. The van der Waals surface area contributed by atoms with Gasteiger partial charge in [-0.15, -0.1) is 0 Å². The van der Waals surface area contributed by atoms with Crippen molar-refractivity contribution in [3.05, 3.63) is 35.4 Å². The fourth-order valence-electron chi connectivity index (χ4n) is 3.96. The Bertz CT molecular complexity index is 398. The molecule has 0 unspecified atom stereocenters. The molecule has 1 saturated carbocycles. The van der Waals surface area contributed by atoms with E-state index in [1.807, 2.05) is 0 Å². The van der Waals surface area contributed by atoms with Crippen LogP contribution in [-0.2, 0) is 12.0 Å². The largest absolute Gasteiger partial charge is 0.310 e. The van der Waals surface area contributed by atoms with Crippen molar-refractivity contribution in [2.45, 2.75) is 38.1 Å². The van der Waals surface area contributed by atoms with Gasteiger partial charge < -0.3 is 5.32 Å². The van der Waals surface area contributed by atoms with E-state index in [-0.39, 0.29) is 0 Å². The van der Waals surface area contributed by atoms with Crippen molar-refractivity contribution in [2.75, 3.05) is 7.05 Å². The average Bonchev–Trinajstić information content (AvgIpc) is 2.63. The molecule has 0 radical (unpaired) electrons. The summed E-state index contributed by atoms with van der Waals surface area (Å²) in [6.45, 7) is 2.41. The van der Waals surface area contributed by atoms with Crippen molar-refractivity contribution in [1.82, 2.24) is 5.32 Å². The van der Waals surface area contributed by atoms with Gasteiger partial charge in [0, 0.05) is 5.54 Å². The van der Waals surface area contributed by atoms with Gasteiger partial charge in [0.15, 0.2) is 0 Å². The molecule has 0 aromatic heterocycles. The first kappa shape index (κ1) is 10.3. The van der Waals surface area contributed by atoms with Gasteiger partial charge in [0.25, 0.3) is 0 Å². The average molecular weight is 215 g/mol. The molecule has 3 atom stereocenters. The maximum Gasteiger partial charge on any atom is 0.0466 e. The molecular weight excluding hydrogens is 194 g/mol. The van der Waals surface area contributed by atoms with Crippen molar-refractivity contribution >= 4 is 0 Å². The highest BCUT2D eigenvalue weighted by Crippen LogP contribution is 2.50. The Morgan fingerprint density at radius 3 is 2.94 bits per heavy atom. The van der Waals surface area contributed by atoms with Crippen LogP contribution in [0.1, 0.15) is 37.3 Å². The zero-order valence-electron chi connectivity index (χ0n) is 10.3. The molecule has 0 spiro atoms. The molecular formula is C15H21N. The highest BCUT2D eigenvalue weighted by molar-refractivity contribution is 5.40. The van der Waals surface area contributed by atoms with Crippen molar-refractivity contribution < 1.29 is 0 Å². The number of nitrogens with one attached hydrogen (secondary N) is 1. The van der Waals surface area contributed by atoms with Crippen LogP contribution in [0.4, 0.5) is 0 Å². The van der Waals surface area contributed by atoms with E-state index in [9.17, 15) is 0 Å². The first-order chi connectivity index (χ1) is 7.76. The van der Waals surface area contributed by atoms with Crippen LogP contribution >= 0.6 is 0 Å². The maximum atomic E-state index is 3.66. The van der Waals surface area contributed by atoms with Crippen molar-refractivity contribution in [3.8, 4) is 0 Å². The van der Waals surface area contributed by atoms with E-state index in [2.05, 4.69) is 43.6 Å². The molecule has 3 rings (SSSR count). The minimum atomic E-state index is 0.295. The van der Waals surface area contributed by atoms with Crippen LogP contribution < -0.4 is 5.32 Å². The minimum absolute atomic E-state index is 0.295. The predicted molar refractivity (Wildman–Crippen MR) is 67.4 cm³/mol. The fourth-order valence-corrected chi connectivity index (χ4v) is 3.96. The fraction of sp³-hybridized carbons (Fsp3) is 0.600. The second-order valence-corrected chi connectivity index (χ2v) is 5.66. The van der Waals surface area contributed by atoms with Crippen LogP contribution in [0, 0.1) is 11.8 Å². The summed E-state index contributed by atoms with van der Waals surface area (Å²) in [6.07, 6.45) is 5.34. The Balaban J connectivity index is 2.06. The van der Waals surface area contributed by atoms with E-state index in [1.54, 1.807) is 11.1 Å². The molecule has 0 heterocycles. The highest BCUT2D eigenvalue weighted by atomic mass is 15.0. The lowest BCUT2D eigenvalue weighted by molar-refractivity contribution is 0.135. The SMILES string of the molecule is CN[C@]12CC[C@H](C)C[C@H]1Cc1ccccc12. The molecule has 1 nitrogen and oxygen atoms in total. The summed E-state index contributed by atoms with van der Waals surface area (Å²) < 4.78 is 0. The third kappa shape index (κ3) is 1.27. The van der Waals surface area contributed by atoms with Gasteiger partial charge in [-0.1, -0.05) is 31.2 Å². The summed E-state index contributed by atoms with van der Waals surface area (Å²) in [5.74, 6) is 1.72. The highest BCUT2D eigenvalue weighted by Gasteiger charge is 2.47. The molecule has 1 N–H and O–H groups in total. The van der Waals surface area contributed by atoms with Gasteiger partial charge in [-0.25, -0.2) is 0 Å². The molecule has 1 fully saturated rings. The molecule has 1 heteroatoms. The van der Waals surface area contributed by atoms with E-state index in [4.69, 9.17) is 0 Å². The number of rotatable bonds is 1. The minimum Gasteiger partial charge on any atom is -0.310 e. The van der Waals surface area contributed by atoms with Gasteiger partial charge in [0.1, 0.15) is 0 Å². The monoisotopic (exact) mass is 215 g/mol. The summed E-state index contributed by atoms with van der Waals surface area (Å²) in [4.78, 5) is 0. The zero-order chi connectivity index (χ0) is 11.2. The standard InChI is InChI=1S/C15H21N/c1-11-7-8-15(16-2)13(9-11)10-12-5-3-4-6-14(12)15/h3-6,11,13,16H,7-10H2,1-2H3/t11-,13-,15+/m0/s1. The van der Waals surface area contributed by atoms with Crippen LogP contribution in [0.25, 0.3) is 0 Å². The molecule has 0 aliphatic heterocycles. The quantitative estimate of drug-likeness (QED) is 0.759. The van der Waals surface area contributed by atoms with Gasteiger partial charge >= 0.3 is 0 Å². The smallest absolute Gasteiger partial charge is 0.0466 e. The van der Waals surface area contributed by atoms with Gasteiger partial charge in [-0.3, -0.25) is 0 Å². The van der Waals surface area contributed by atoms with Gasteiger partial charge in [-0.05, 0) is 55.7 Å². The number of hydrogen-bond acceptors (Lipinski definition) is 1. The first-order valence-electron chi connectivity index (χ1n) is 6.53. The van der Waals surface area contributed by atoms with Gasteiger partial charge in [0.05, 0.1) is 0 Å². The Morgan fingerprint density at radius 1 is 1.31 bits per heavy atom. The second-order valence-electron chi connectivity index (χ2n) is 5.66. The Kier molecular flexibility index (Phi) is 2.32. The molecule has 86 valence electrons. The molecule has 0 bridgehead atoms. The van der Waals surface area contributed by atoms with Gasteiger partial charge in [-0.2, -0.15) is 0 Å². The molecule has 2 aliphatic carbocycles. The van der Waals surface area contributed by atoms with Crippen LogP contribution in [0.3, 0.4) is 0 Å². The van der Waals surface area contributed by atoms with E-state index in [0.29, 0.717) is 5.54 Å². The van der Waals surface area contributed by atoms with E-state index < -0.39 is 0 Å². The summed E-state index contributed by atoms with van der Waals surface area (Å²) in [5, 5.41) is 3.66. The molecule has 0 amide bonds. The zero-order valence-corrected chi connectivity index (χ0v) is 10.3. The first-order valence-corrected chi connectivity index (χ1v) is 6.53.